The molecule has 0 aromatic heterocycles. The highest BCUT2D eigenvalue weighted by molar-refractivity contribution is 6.16. The van der Waals surface area contributed by atoms with Crippen LogP contribution in [0.15, 0.2) is 29.3 Å². The quantitative estimate of drug-likeness (QED) is 0.684. The van der Waals surface area contributed by atoms with Gasteiger partial charge in [0, 0.05) is 19.1 Å². The van der Waals surface area contributed by atoms with Crippen molar-refractivity contribution >= 4 is 29.4 Å². The van der Waals surface area contributed by atoms with Crippen molar-refractivity contribution in [2.24, 2.45) is 16.3 Å². The van der Waals surface area contributed by atoms with Gasteiger partial charge < -0.3 is 5.11 Å². The van der Waals surface area contributed by atoms with Crippen LogP contribution in [0.5, 0.6) is 0 Å². The van der Waals surface area contributed by atoms with E-state index in [4.69, 9.17) is 5.11 Å². The number of hydrogen-bond donors (Lipinski definition) is 1. The second-order valence-corrected chi connectivity index (χ2v) is 6.03. The number of carboxylic acid groups (broad SMARTS) is 1. The van der Waals surface area contributed by atoms with Crippen LogP contribution in [-0.2, 0) is 9.59 Å². The number of carboxylic acids is 1. The Morgan fingerprint density at radius 2 is 1.81 bits per heavy atom. The summed E-state index contributed by atoms with van der Waals surface area (Å²) in [6.45, 7) is 3.77. The Morgan fingerprint density at radius 1 is 1.24 bits per heavy atom. The summed E-state index contributed by atoms with van der Waals surface area (Å²) in [5.41, 5.74) is -0.0162. The minimum atomic E-state index is -1.09. The number of Topliss-reactive ketones (excluding diaryl/α,β-unsaturated/α-hetero) is 2. The molecule has 0 atom stereocenters. The van der Waals surface area contributed by atoms with E-state index in [1.54, 1.807) is 18.2 Å². The first-order valence-electron chi connectivity index (χ1n) is 6.72. The number of rotatable bonds is 3. The molecule has 0 spiro atoms. The molecule has 1 saturated carbocycles. The maximum Gasteiger partial charge on any atom is 0.337 e. The summed E-state index contributed by atoms with van der Waals surface area (Å²) < 4.78 is 0. The van der Waals surface area contributed by atoms with Crippen LogP contribution in [0.2, 0.25) is 0 Å². The summed E-state index contributed by atoms with van der Waals surface area (Å²) in [7, 11) is 0. The van der Waals surface area contributed by atoms with Gasteiger partial charge in [0.15, 0.2) is 0 Å². The van der Waals surface area contributed by atoms with Gasteiger partial charge in [-0.1, -0.05) is 26.0 Å². The van der Waals surface area contributed by atoms with Gasteiger partial charge >= 0.3 is 5.97 Å². The summed E-state index contributed by atoms with van der Waals surface area (Å²) in [4.78, 5) is 39.2. The lowest BCUT2D eigenvalue weighted by molar-refractivity contribution is -0.136. The number of aliphatic imine (C=N–C) groups is 1. The van der Waals surface area contributed by atoms with Crippen molar-refractivity contribution in [2.75, 3.05) is 0 Å². The highest BCUT2D eigenvalue weighted by Crippen LogP contribution is 2.33. The second-order valence-electron chi connectivity index (χ2n) is 6.03. The van der Waals surface area contributed by atoms with E-state index in [0.717, 1.165) is 0 Å². The molecule has 0 bridgehead atoms. The lowest BCUT2D eigenvalue weighted by Gasteiger charge is -2.30. The zero-order chi connectivity index (χ0) is 15.6. The predicted octanol–water partition coefficient (Wildman–Crippen LogP) is 2.66. The summed E-state index contributed by atoms with van der Waals surface area (Å²) in [6.07, 6.45) is 1.94. The average molecular weight is 287 g/mol. The molecular weight excluding hydrogens is 270 g/mol. The van der Waals surface area contributed by atoms with E-state index < -0.39 is 11.9 Å². The Balaban J connectivity index is 2.24. The van der Waals surface area contributed by atoms with Crippen molar-refractivity contribution in [1.29, 1.82) is 0 Å². The fourth-order valence-electron chi connectivity index (χ4n) is 2.49. The first kappa shape index (κ1) is 15.1. The minimum Gasteiger partial charge on any atom is -0.478 e. The third kappa shape index (κ3) is 3.42. The van der Waals surface area contributed by atoms with E-state index in [1.165, 1.54) is 12.3 Å². The Morgan fingerprint density at radius 3 is 2.38 bits per heavy atom. The van der Waals surface area contributed by atoms with E-state index in [0.29, 0.717) is 12.8 Å². The zero-order valence-electron chi connectivity index (χ0n) is 12.0. The molecule has 1 aliphatic carbocycles. The number of ketones is 2. The van der Waals surface area contributed by atoms with Gasteiger partial charge in [0.25, 0.3) is 0 Å². The van der Waals surface area contributed by atoms with Crippen molar-refractivity contribution < 1.29 is 19.5 Å². The van der Waals surface area contributed by atoms with Crippen LogP contribution < -0.4 is 0 Å². The summed E-state index contributed by atoms with van der Waals surface area (Å²) >= 11 is 0. The van der Waals surface area contributed by atoms with E-state index in [-0.39, 0.29) is 28.2 Å². The molecule has 0 saturated heterocycles. The molecule has 1 aromatic carbocycles. The van der Waals surface area contributed by atoms with Crippen LogP contribution in [0.4, 0.5) is 5.69 Å². The number of hydrogen-bond acceptors (Lipinski definition) is 4. The Labute approximate surface area is 122 Å². The highest BCUT2D eigenvalue weighted by Gasteiger charge is 2.38. The fourth-order valence-corrected chi connectivity index (χ4v) is 2.49. The van der Waals surface area contributed by atoms with E-state index in [2.05, 4.69) is 4.99 Å². The first-order chi connectivity index (χ1) is 9.80. The highest BCUT2D eigenvalue weighted by atomic mass is 16.4. The Hall–Kier alpha value is -2.30. The summed E-state index contributed by atoms with van der Waals surface area (Å²) in [5.74, 6) is -2.27. The number of aromatic carboxylic acids is 1. The normalized spacial score (nSPS) is 19.1. The van der Waals surface area contributed by atoms with Gasteiger partial charge in [-0.05, 0) is 17.5 Å². The number of carbonyl (C=O) groups is 3. The molecule has 0 unspecified atom stereocenters. The van der Waals surface area contributed by atoms with Gasteiger partial charge in [0.2, 0.25) is 0 Å². The molecule has 0 amide bonds. The zero-order valence-corrected chi connectivity index (χ0v) is 12.0. The van der Waals surface area contributed by atoms with Crippen LogP contribution in [0, 0.1) is 11.3 Å². The molecular formula is C16H17NO4. The smallest absolute Gasteiger partial charge is 0.337 e. The molecule has 110 valence electrons. The number of carbonyl (C=O) groups excluding carboxylic acids is 2. The van der Waals surface area contributed by atoms with Gasteiger partial charge in [-0.3, -0.25) is 14.6 Å². The lowest BCUT2D eigenvalue weighted by Crippen LogP contribution is -2.38. The molecule has 0 heterocycles. The lowest BCUT2D eigenvalue weighted by atomic mass is 9.72. The van der Waals surface area contributed by atoms with Crippen LogP contribution in [0.25, 0.3) is 0 Å². The van der Waals surface area contributed by atoms with Crippen molar-refractivity contribution in [2.45, 2.75) is 26.7 Å². The third-order valence-electron chi connectivity index (χ3n) is 3.50. The first-order valence-corrected chi connectivity index (χ1v) is 6.72. The molecule has 2 rings (SSSR count). The van der Waals surface area contributed by atoms with Gasteiger partial charge in [-0.15, -0.1) is 0 Å². The standard InChI is InChI=1S/C16H17NO4/c1-16(2)7-13(18)11(14(19)8-16)9-17-12-6-4-3-5-10(12)15(20)21/h3-6,9,11H,7-8H2,1-2H3,(H,20,21). The topological polar surface area (TPSA) is 83.8 Å². The molecule has 1 fully saturated rings. The number of nitrogens with zero attached hydrogens (tertiary/aromatic N) is 1. The molecule has 21 heavy (non-hydrogen) atoms. The molecule has 0 aliphatic heterocycles. The molecule has 5 nitrogen and oxygen atoms in total. The van der Waals surface area contributed by atoms with Crippen LogP contribution in [0.1, 0.15) is 37.0 Å². The van der Waals surface area contributed by atoms with Gasteiger partial charge in [0.05, 0.1) is 11.3 Å². The molecule has 0 radical (unpaired) electrons. The Kier molecular flexibility index (Phi) is 4.02. The maximum absolute atomic E-state index is 12.0. The fraction of sp³-hybridized carbons (Fsp3) is 0.375. The molecule has 5 heteroatoms. The number of benzene rings is 1. The van der Waals surface area contributed by atoms with Crippen LogP contribution in [-0.4, -0.2) is 28.9 Å². The molecule has 1 aliphatic rings. The van der Waals surface area contributed by atoms with E-state index in [9.17, 15) is 14.4 Å². The SMILES string of the molecule is CC1(C)CC(=O)C(C=Nc2ccccc2C(=O)O)C(=O)C1. The predicted molar refractivity (Wildman–Crippen MR) is 78.1 cm³/mol. The van der Waals surface area contributed by atoms with Crippen LogP contribution in [0.3, 0.4) is 0 Å². The van der Waals surface area contributed by atoms with E-state index >= 15 is 0 Å². The van der Waals surface area contributed by atoms with Crippen molar-refractivity contribution in [3.05, 3.63) is 29.8 Å². The largest absolute Gasteiger partial charge is 0.478 e. The van der Waals surface area contributed by atoms with Gasteiger partial charge in [0.1, 0.15) is 17.5 Å². The third-order valence-corrected chi connectivity index (χ3v) is 3.50. The molecule has 1 N–H and O–H groups in total. The molecule has 1 aromatic rings. The maximum atomic E-state index is 12.0. The average Bonchev–Trinajstić information content (AvgIpc) is 2.36. The second kappa shape index (κ2) is 5.60. The summed E-state index contributed by atoms with van der Waals surface area (Å²) in [6, 6.07) is 6.24. The van der Waals surface area contributed by atoms with Crippen LogP contribution >= 0.6 is 0 Å². The van der Waals surface area contributed by atoms with E-state index in [1.807, 2.05) is 13.8 Å². The Bertz CT molecular complexity index is 611. The van der Waals surface area contributed by atoms with Crippen molar-refractivity contribution in [3.63, 3.8) is 0 Å². The van der Waals surface area contributed by atoms with Crippen molar-refractivity contribution in [3.8, 4) is 0 Å². The minimum absolute atomic E-state index is 0.0461. The van der Waals surface area contributed by atoms with Gasteiger partial charge in [-0.25, -0.2) is 4.79 Å². The summed E-state index contributed by atoms with van der Waals surface area (Å²) in [5, 5.41) is 9.07. The van der Waals surface area contributed by atoms with Crippen molar-refractivity contribution in [1.82, 2.24) is 0 Å². The number of para-hydroxylation sites is 1. The van der Waals surface area contributed by atoms with Gasteiger partial charge in [-0.2, -0.15) is 0 Å². The monoisotopic (exact) mass is 287 g/mol.